The number of carbonyl (C=O) groups is 2. The summed E-state index contributed by atoms with van der Waals surface area (Å²) in [5, 5.41) is 11.1. The summed E-state index contributed by atoms with van der Waals surface area (Å²) in [7, 11) is 0. The average molecular weight is 396 g/mol. The normalized spacial score (nSPS) is 10.6. The van der Waals surface area contributed by atoms with Crippen molar-refractivity contribution in [3.05, 3.63) is 95.7 Å². The Balaban J connectivity index is 1.52. The second kappa shape index (κ2) is 8.13. The average Bonchev–Trinajstić information content (AvgIpc) is 3.24. The van der Waals surface area contributed by atoms with Gasteiger partial charge in [0, 0.05) is 22.4 Å². The largest absolute Gasteiger partial charge is 0.322 e. The van der Waals surface area contributed by atoms with Crippen molar-refractivity contribution in [3.8, 4) is 16.9 Å². The fraction of sp³-hybridized carbons (Fsp3) is 0.0833. The lowest BCUT2D eigenvalue weighted by Gasteiger charge is -2.09. The first-order chi connectivity index (χ1) is 14.5. The Bertz CT molecular complexity index is 1190. The molecule has 4 rings (SSSR count). The molecule has 0 aliphatic rings. The van der Waals surface area contributed by atoms with E-state index in [9.17, 15) is 9.59 Å². The van der Waals surface area contributed by atoms with Gasteiger partial charge in [0.25, 0.3) is 5.91 Å². The number of nitrogens with one attached hydrogen (secondary N) is 1. The van der Waals surface area contributed by atoms with Crippen LogP contribution in [0.5, 0.6) is 0 Å². The van der Waals surface area contributed by atoms with Crippen molar-refractivity contribution in [1.82, 2.24) is 15.0 Å². The summed E-state index contributed by atoms with van der Waals surface area (Å²) in [6, 6.07) is 22.1. The first-order valence-electron chi connectivity index (χ1n) is 9.52. The summed E-state index contributed by atoms with van der Waals surface area (Å²) in [5.74, 6) is -0.240. The van der Waals surface area contributed by atoms with Crippen LogP contribution in [0.4, 0.5) is 5.69 Å². The molecule has 0 aliphatic heterocycles. The molecule has 0 atom stereocenters. The van der Waals surface area contributed by atoms with Crippen LogP contribution >= 0.6 is 0 Å². The van der Waals surface area contributed by atoms with E-state index in [2.05, 4.69) is 15.6 Å². The van der Waals surface area contributed by atoms with Gasteiger partial charge in [-0.15, -0.1) is 5.10 Å². The van der Waals surface area contributed by atoms with Crippen LogP contribution in [-0.2, 0) is 0 Å². The molecule has 0 bridgehead atoms. The molecule has 4 aromatic rings. The van der Waals surface area contributed by atoms with Gasteiger partial charge < -0.3 is 5.32 Å². The molecule has 6 heteroatoms. The monoisotopic (exact) mass is 396 g/mol. The number of hydrogen-bond acceptors (Lipinski definition) is 4. The Labute approximate surface area is 174 Å². The molecule has 1 aromatic heterocycles. The van der Waals surface area contributed by atoms with Crippen molar-refractivity contribution in [3.63, 3.8) is 0 Å². The van der Waals surface area contributed by atoms with Crippen molar-refractivity contribution in [2.24, 2.45) is 0 Å². The lowest BCUT2D eigenvalue weighted by atomic mass is 10.1. The highest BCUT2D eigenvalue weighted by Gasteiger charge is 2.11. The minimum Gasteiger partial charge on any atom is -0.322 e. The Morgan fingerprint density at radius 2 is 1.47 bits per heavy atom. The van der Waals surface area contributed by atoms with Crippen LogP contribution < -0.4 is 5.32 Å². The summed E-state index contributed by atoms with van der Waals surface area (Å²) in [5.41, 5.74) is 5.64. The number of benzene rings is 3. The number of carbonyl (C=O) groups excluding carboxylic acids is 2. The van der Waals surface area contributed by atoms with Crippen molar-refractivity contribution in [1.29, 1.82) is 0 Å². The zero-order valence-corrected chi connectivity index (χ0v) is 16.7. The number of Topliss-reactive ketones (excluding diaryl/α,β-unsaturated/α-hetero) is 1. The number of amides is 1. The molecule has 0 aliphatic carbocycles. The molecular weight excluding hydrogens is 376 g/mol. The second-order valence-electron chi connectivity index (χ2n) is 7.03. The number of aryl methyl sites for hydroxylation is 1. The zero-order valence-electron chi connectivity index (χ0n) is 16.7. The molecule has 148 valence electrons. The van der Waals surface area contributed by atoms with Crippen LogP contribution in [0.15, 0.2) is 79.0 Å². The molecule has 1 heterocycles. The number of nitrogens with zero attached hydrogens (tertiary/aromatic N) is 3. The second-order valence-corrected chi connectivity index (χ2v) is 7.03. The fourth-order valence-corrected chi connectivity index (χ4v) is 3.09. The summed E-state index contributed by atoms with van der Waals surface area (Å²) in [6.07, 6.45) is 1.72. The van der Waals surface area contributed by atoms with E-state index in [1.165, 1.54) is 12.5 Å². The number of rotatable bonds is 5. The van der Waals surface area contributed by atoms with Gasteiger partial charge in [-0.3, -0.25) is 9.59 Å². The molecule has 1 amide bonds. The molecular formula is C24H20N4O2. The van der Waals surface area contributed by atoms with Crippen LogP contribution in [0.2, 0.25) is 0 Å². The highest BCUT2D eigenvalue weighted by Crippen LogP contribution is 2.22. The van der Waals surface area contributed by atoms with Gasteiger partial charge >= 0.3 is 0 Å². The SMILES string of the molecule is CC(=O)c1ccc(NC(=O)c2ccc(-n3nncc3-c3ccc(C)cc3)cc2)cc1. The van der Waals surface area contributed by atoms with E-state index in [0.717, 1.165) is 16.9 Å². The van der Waals surface area contributed by atoms with E-state index in [0.29, 0.717) is 16.8 Å². The van der Waals surface area contributed by atoms with E-state index in [1.54, 1.807) is 47.3 Å². The maximum Gasteiger partial charge on any atom is 0.255 e. The standard InChI is InChI=1S/C24H20N4O2/c1-16-3-5-19(6-4-16)23-15-25-27-28(23)22-13-9-20(10-14-22)24(30)26-21-11-7-18(8-12-21)17(2)29/h3-15H,1-2H3,(H,26,30). The fourth-order valence-electron chi connectivity index (χ4n) is 3.09. The summed E-state index contributed by atoms with van der Waals surface area (Å²) >= 11 is 0. The zero-order chi connectivity index (χ0) is 21.1. The Kier molecular flexibility index (Phi) is 5.22. The molecule has 1 N–H and O–H groups in total. The third-order valence-corrected chi connectivity index (χ3v) is 4.82. The molecule has 3 aromatic carbocycles. The number of hydrogen-bond donors (Lipinski definition) is 1. The van der Waals surface area contributed by atoms with Gasteiger partial charge in [0.2, 0.25) is 0 Å². The molecule has 0 spiro atoms. The lowest BCUT2D eigenvalue weighted by molar-refractivity contribution is 0.101. The predicted molar refractivity (Wildman–Crippen MR) is 116 cm³/mol. The van der Waals surface area contributed by atoms with E-state index in [1.807, 2.05) is 43.3 Å². The Morgan fingerprint density at radius 3 is 2.10 bits per heavy atom. The molecule has 30 heavy (non-hydrogen) atoms. The van der Waals surface area contributed by atoms with Gasteiger partial charge in [0.1, 0.15) is 0 Å². The summed E-state index contributed by atoms with van der Waals surface area (Å²) in [6.45, 7) is 3.55. The van der Waals surface area contributed by atoms with Gasteiger partial charge in [-0.2, -0.15) is 0 Å². The topological polar surface area (TPSA) is 76.9 Å². The molecule has 0 saturated heterocycles. The van der Waals surface area contributed by atoms with Crippen molar-refractivity contribution < 1.29 is 9.59 Å². The summed E-state index contributed by atoms with van der Waals surface area (Å²) in [4.78, 5) is 23.9. The molecule has 0 saturated carbocycles. The van der Waals surface area contributed by atoms with Crippen LogP contribution in [0, 0.1) is 6.92 Å². The number of anilines is 1. The first kappa shape index (κ1) is 19.3. The summed E-state index contributed by atoms with van der Waals surface area (Å²) < 4.78 is 1.74. The van der Waals surface area contributed by atoms with Gasteiger partial charge in [-0.05, 0) is 62.4 Å². The Morgan fingerprint density at radius 1 is 0.833 bits per heavy atom. The Hall–Kier alpha value is -4.06. The lowest BCUT2D eigenvalue weighted by Crippen LogP contribution is -2.12. The van der Waals surface area contributed by atoms with Crippen LogP contribution in [0.3, 0.4) is 0 Å². The van der Waals surface area contributed by atoms with Gasteiger partial charge in [0.15, 0.2) is 5.78 Å². The smallest absolute Gasteiger partial charge is 0.255 e. The number of aromatic nitrogens is 3. The quantitative estimate of drug-likeness (QED) is 0.496. The minimum atomic E-state index is -0.227. The molecule has 0 radical (unpaired) electrons. The minimum absolute atomic E-state index is 0.0124. The van der Waals surface area contributed by atoms with Gasteiger partial charge in [0.05, 0.1) is 17.6 Å². The van der Waals surface area contributed by atoms with Gasteiger partial charge in [-0.25, -0.2) is 4.68 Å². The molecule has 0 unspecified atom stereocenters. The molecule has 0 fully saturated rings. The number of ketones is 1. The van der Waals surface area contributed by atoms with Crippen molar-refractivity contribution in [2.45, 2.75) is 13.8 Å². The maximum absolute atomic E-state index is 12.5. The predicted octanol–water partition coefficient (Wildman–Crippen LogP) is 4.70. The molecule has 6 nitrogen and oxygen atoms in total. The van der Waals surface area contributed by atoms with Crippen molar-refractivity contribution in [2.75, 3.05) is 5.32 Å². The van der Waals surface area contributed by atoms with E-state index in [4.69, 9.17) is 0 Å². The van der Waals surface area contributed by atoms with Gasteiger partial charge in [-0.1, -0.05) is 35.0 Å². The van der Waals surface area contributed by atoms with Crippen LogP contribution in [0.1, 0.15) is 33.2 Å². The van der Waals surface area contributed by atoms with Crippen LogP contribution in [-0.4, -0.2) is 26.7 Å². The van der Waals surface area contributed by atoms with Crippen molar-refractivity contribution >= 4 is 17.4 Å². The first-order valence-corrected chi connectivity index (χ1v) is 9.52. The van der Waals surface area contributed by atoms with E-state index >= 15 is 0 Å². The highest BCUT2D eigenvalue weighted by molar-refractivity contribution is 6.04. The van der Waals surface area contributed by atoms with E-state index < -0.39 is 0 Å². The third-order valence-electron chi connectivity index (χ3n) is 4.82. The maximum atomic E-state index is 12.5. The van der Waals surface area contributed by atoms with Crippen LogP contribution in [0.25, 0.3) is 16.9 Å². The third kappa shape index (κ3) is 4.03. The van der Waals surface area contributed by atoms with E-state index in [-0.39, 0.29) is 11.7 Å². The highest BCUT2D eigenvalue weighted by atomic mass is 16.1.